The van der Waals surface area contributed by atoms with Crippen LogP contribution in [0, 0.1) is 28.6 Å². The summed E-state index contributed by atoms with van der Waals surface area (Å²) in [5.74, 6) is -2.33. The minimum atomic E-state index is -1.13. The number of nitrogens with two attached hydrogens (primary N) is 1. The first-order chi connectivity index (χ1) is 18.4. The lowest BCUT2D eigenvalue weighted by molar-refractivity contribution is -0.197. The molecule has 1 heterocycles. The molecular formula is C29H41N5O5. The molecule has 39 heavy (non-hydrogen) atoms. The van der Waals surface area contributed by atoms with Gasteiger partial charge in [0.25, 0.3) is 5.91 Å². The Balaban J connectivity index is 1.64. The van der Waals surface area contributed by atoms with Crippen LogP contribution in [-0.4, -0.2) is 64.0 Å². The van der Waals surface area contributed by atoms with Gasteiger partial charge in [-0.1, -0.05) is 46.5 Å². The molecule has 1 aliphatic carbocycles. The van der Waals surface area contributed by atoms with Gasteiger partial charge in [0.05, 0.1) is 11.6 Å². The Morgan fingerprint density at radius 3 is 2.21 bits per heavy atom. The molecule has 4 N–H and O–H groups in total. The monoisotopic (exact) mass is 539 g/mol. The van der Waals surface area contributed by atoms with E-state index in [2.05, 4.69) is 5.32 Å². The van der Waals surface area contributed by atoms with Crippen LogP contribution in [0.25, 0.3) is 0 Å². The second-order valence-corrected chi connectivity index (χ2v) is 12.0. The first-order valence-corrected chi connectivity index (χ1v) is 13.8. The predicted molar refractivity (Wildman–Crippen MR) is 144 cm³/mol. The number of hydrogen-bond acceptors (Lipinski definition) is 6. The van der Waals surface area contributed by atoms with Crippen molar-refractivity contribution in [3.05, 3.63) is 35.4 Å². The fraction of sp³-hybridized carbons (Fsp3) is 0.621. The number of rotatable bonds is 9. The lowest BCUT2D eigenvalue weighted by atomic mass is 9.83. The van der Waals surface area contributed by atoms with E-state index in [1.807, 2.05) is 6.07 Å². The maximum absolute atomic E-state index is 13.7. The van der Waals surface area contributed by atoms with Crippen LogP contribution in [0.5, 0.6) is 0 Å². The summed E-state index contributed by atoms with van der Waals surface area (Å²) < 4.78 is 0. The molecule has 4 amide bonds. The molecule has 0 spiro atoms. The molecular weight excluding hydrogens is 498 g/mol. The number of carbonyl (C=O) groups excluding carboxylic acids is 4. The van der Waals surface area contributed by atoms with Crippen molar-refractivity contribution >= 4 is 23.6 Å². The zero-order chi connectivity index (χ0) is 28.7. The number of likely N-dealkylation sites (tertiary alicyclic amines) is 1. The van der Waals surface area contributed by atoms with Gasteiger partial charge < -0.3 is 16.0 Å². The second kappa shape index (κ2) is 13.1. The summed E-state index contributed by atoms with van der Waals surface area (Å²) in [6.07, 6.45) is 5.47. The molecule has 0 aromatic heterocycles. The molecule has 212 valence electrons. The van der Waals surface area contributed by atoms with Crippen molar-refractivity contribution in [3.8, 4) is 6.07 Å². The van der Waals surface area contributed by atoms with Gasteiger partial charge in [0.15, 0.2) is 0 Å². The van der Waals surface area contributed by atoms with Crippen LogP contribution < -0.4 is 11.1 Å². The summed E-state index contributed by atoms with van der Waals surface area (Å²) in [7, 11) is 0. The number of benzene rings is 1. The SMILES string of the molecule is CC(C)(C)[C@@H](C(=O)N1CCC(NC(=O)c2ccc(C#N)cc2)CC1)N(O)C(=O)[C@@H](CC(N)=O)CC1CCCC1. The normalized spacial score (nSPS) is 18.2. The Bertz CT molecular complexity index is 1080. The molecule has 2 aliphatic rings. The topological polar surface area (TPSA) is 157 Å². The summed E-state index contributed by atoms with van der Waals surface area (Å²) in [6, 6.07) is 7.14. The van der Waals surface area contributed by atoms with Crippen LogP contribution in [0.1, 0.15) is 88.1 Å². The second-order valence-electron chi connectivity index (χ2n) is 12.0. The standard InChI is InChI=1S/C29H41N5O5/c1-29(2,3)25(34(39)27(37)22(17-24(31)35)16-19-6-4-5-7-19)28(38)33-14-12-23(13-15-33)32-26(36)21-10-8-20(18-30)9-11-21/h8-11,19,22-23,25,39H,4-7,12-17H2,1-3H3,(H2,31,35)(H,32,36)/t22-,25-/m1/s1. The Morgan fingerprint density at radius 2 is 1.69 bits per heavy atom. The van der Waals surface area contributed by atoms with Gasteiger partial charge in [0.1, 0.15) is 6.04 Å². The van der Waals surface area contributed by atoms with Gasteiger partial charge in [0, 0.05) is 37.0 Å². The van der Waals surface area contributed by atoms with E-state index >= 15 is 0 Å². The van der Waals surface area contributed by atoms with Crippen molar-refractivity contribution in [1.29, 1.82) is 5.26 Å². The van der Waals surface area contributed by atoms with Crippen molar-refractivity contribution in [3.63, 3.8) is 0 Å². The molecule has 2 atom stereocenters. The molecule has 1 saturated carbocycles. The Hall–Kier alpha value is -3.45. The summed E-state index contributed by atoms with van der Waals surface area (Å²) >= 11 is 0. The van der Waals surface area contributed by atoms with Crippen LogP contribution in [-0.2, 0) is 14.4 Å². The third kappa shape index (κ3) is 8.02. The molecule has 0 radical (unpaired) electrons. The number of primary amides is 1. The Kier molecular flexibility index (Phi) is 10.1. The largest absolute Gasteiger partial charge is 0.370 e. The highest BCUT2D eigenvalue weighted by Crippen LogP contribution is 2.34. The van der Waals surface area contributed by atoms with Crippen molar-refractivity contribution in [2.75, 3.05) is 13.1 Å². The van der Waals surface area contributed by atoms with Gasteiger partial charge in [-0.25, -0.2) is 5.06 Å². The van der Waals surface area contributed by atoms with Gasteiger partial charge >= 0.3 is 0 Å². The lowest BCUT2D eigenvalue weighted by Gasteiger charge is -2.41. The third-order valence-corrected chi connectivity index (χ3v) is 7.83. The van der Waals surface area contributed by atoms with Gasteiger partial charge in [-0.15, -0.1) is 0 Å². The predicted octanol–water partition coefficient (Wildman–Crippen LogP) is 2.98. The minimum absolute atomic E-state index is 0.136. The molecule has 2 fully saturated rings. The van der Waals surface area contributed by atoms with E-state index in [0.29, 0.717) is 54.5 Å². The van der Waals surface area contributed by atoms with Crippen LogP contribution in [0.3, 0.4) is 0 Å². The quantitative estimate of drug-likeness (QED) is 0.323. The summed E-state index contributed by atoms with van der Waals surface area (Å²) in [5.41, 5.74) is 5.59. The van der Waals surface area contributed by atoms with E-state index in [0.717, 1.165) is 25.7 Å². The van der Waals surface area contributed by atoms with E-state index in [-0.39, 0.29) is 24.3 Å². The number of nitrogens with one attached hydrogen (secondary N) is 1. The highest BCUT2D eigenvalue weighted by atomic mass is 16.5. The molecule has 1 aromatic rings. The molecule has 1 aliphatic heterocycles. The molecule has 10 nitrogen and oxygen atoms in total. The number of nitriles is 1. The van der Waals surface area contributed by atoms with Crippen molar-refractivity contribution in [2.45, 2.75) is 84.2 Å². The summed E-state index contributed by atoms with van der Waals surface area (Å²) in [4.78, 5) is 53.0. The van der Waals surface area contributed by atoms with E-state index in [1.54, 1.807) is 49.9 Å². The van der Waals surface area contributed by atoms with Crippen molar-refractivity contribution in [1.82, 2.24) is 15.3 Å². The van der Waals surface area contributed by atoms with Crippen LogP contribution in [0.2, 0.25) is 0 Å². The fourth-order valence-corrected chi connectivity index (χ4v) is 5.70. The highest BCUT2D eigenvalue weighted by Gasteiger charge is 2.44. The lowest BCUT2D eigenvalue weighted by Crippen LogP contribution is -2.58. The van der Waals surface area contributed by atoms with Gasteiger partial charge in [0.2, 0.25) is 17.7 Å². The first kappa shape index (κ1) is 30.1. The van der Waals surface area contributed by atoms with Gasteiger partial charge in [-0.3, -0.25) is 24.4 Å². The van der Waals surface area contributed by atoms with Crippen LogP contribution in [0.4, 0.5) is 0 Å². The maximum Gasteiger partial charge on any atom is 0.251 e. The van der Waals surface area contributed by atoms with E-state index in [9.17, 15) is 24.4 Å². The maximum atomic E-state index is 13.7. The number of nitrogens with zero attached hydrogens (tertiary/aromatic N) is 3. The Labute approximate surface area is 230 Å². The number of hydrogen-bond donors (Lipinski definition) is 3. The van der Waals surface area contributed by atoms with Crippen molar-refractivity contribution < 1.29 is 24.4 Å². The number of carbonyl (C=O) groups is 4. The average molecular weight is 540 g/mol. The molecule has 3 rings (SSSR count). The number of piperidine rings is 1. The fourth-order valence-electron chi connectivity index (χ4n) is 5.70. The number of hydroxylamine groups is 2. The third-order valence-electron chi connectivity index (χ3n) is 7.83. The van der Waals surface area contributed by atoms with E-state index in [4.69, 9.17) is 11.0 Å². The molecule has 10 heteroatoms. The molecule has 0 unspecified atom stereocenters. The first-order valence-electron chi connectivity index (χ1n) is 13.8. The minimum Gasteiger partial charge on any atom is -0.370 e. The van der Waals surface area contributed by atoms with Crippen LogP contribution >= 0.6 is 0 Å². The zero-order valence-corrected chi connectivity index (χ0v) is 23.2. The van der Waals surface area contributed by atoms with Crippen molar-refractivity contribution in [2.24, 2.45) is 23.0 Å². The molecule has 1 saturated heterocycles. The van der Waals surface area contributed by atoms with Gasteiger partial charge in [-0.05, 0) is 54.9 Å². The number of amides is 4. The zero-order valence-electron chi connectivity index (χ0n) is 23.2. The van der Waals surface area contributed by atoms with Crippen LogP contribution in [0.15, 0.2) is 24.3 Å². The summed E-state index contributed by atoms with van der Waals surface area (Å²) in [6.45, 7) is 6.08. The average Bonchev–Trinajstić information content (AvgIpc) is 3.40. The highest BCUT2D eigenvalue weighted by molar-refractivity contribution is 5.94. The smallest absolute Gasteiger partial charge is 0.251 e. The molecule has 1 aromatic carbocycles. The Morgan fingerprint density at radius 1 is 1.10 bits per heavy atom. The van der Waals surface area contributed by atoms with E-state index in [1.165, 1.54) is 0 Å². The van der Waals surface area contributed by atoms with E-state index < -0.39 is 29.2 Å². The molecule has 0 bridgehead atoms. The van der Waals surface area contributed by atoms with Gasteiger partial charge in [-0.2, -0.15) is 5.26 Å². The summed E-state index contributed by atoms with van der Waals surface area (Å²) in [5, 5.41) is 23.6.